The normalized spacial score (nSPS) is 18.8. The minimum absolute atomic E-state index is 0.0118. The third kappa shape index (κ3) is 3.43. The molecule has 1 aliphatic rings. The first-order valence-corrected chi connectivity index (χ1v) is 7.61. The predicted octanol–water partition coefficient (Wildman–Crippen LogP) is 3.74. The standard InChI is InChI=1S/C15H22Cl2N2/c1-15(2,19-7-3-4-8-19)14(18)10-11-9-12(16)5-6-13(11)17/h5-6,9,14H,3-4,7-8,10,18H2,1-2H3. The van der Waals surface area contributed by atoms with E-state index in [1.807, 2.05) is 18.2 Å². The van der Waals surface area contributed by atoms with E-state index in [1.165, 1.54) is 12.8 Å². The molecule has 0 spiro atoms. The second-order valence-corrected chi connectivity index (χ2v) is 6.74. The molecule has 0 amide bonds. The van der Waals surface area contributed by atoms with Gasteiger partial charge >= 0.3 is 0 Å². The molecule has 0 radical (unpaired) electrons. The summed E-state index contributed by atoms with van der Waals surface area (Å²) in [6.07, 6.45) is 3.30. The van der Waals surface area contributed by atoms with Gasteiger partial charge in [0.25, 0.3) is 0 Å². The Morgan fingerprint density at radius 3 is 2.53 bits per heavy atom. The molecule has 1 unspecified atom stereocenters. The molecular weight excluding hydrogens is 279 g/mol. The molecule has 19 heavy (non-hydrogen) atoms. The Morgan fingerprint density at radius 2 is 1.89 bits per heavy atom. The monoisotopic (exact) mass is 300 g/mol. The van der Waals surface area contributed by atoms with E-state index >= 15 is 0 Å². The number of likely N-dealkylation sites (tertiary alicyclic amines) is 1. The molecule has 1 saturated heterocycles. The number of hydrogen-bond acceptors (Lipinski definition) is 2. The van der Waals surface area contributed by atoms with Crippen LogP contribution < -0.4 is 5.73 Å². The van der Waals surface area contributed by atoms with E-state index in [0.717, 1.165) is 30.1 Å². The highest BCUT2D eigenvalue weighted by Crippen LogP contribution is 2.28. The maximum Gasteiger partial charge on any atom is 0.0439 e. The average molecular weight is 301 g/mol. The molecule has 1 aliphatic heterocycles. The Hall–Kier alpha value is -0.280. The van der Waals surface area contributed by atoms with Crippen LogP contribution in [-0.2, 0) is 6.42 Å². The number of hydrogen-bond donors (Lipinski definition) is 1. The fraction of sp³-hybridized carbons (Fsp3) is 0.600. The van der Waals surface area contributed by atoms with Crippen LogP contribution in [0.3, 0.4) is 0 Å². The number of rotatable bonds is 4. The Bertz CT molecular complexity index is 440. The van der Waals surface area contributed by atoms with Crippen molar-refractivity contribution in [2.75, 3.05) is 13.1 Å². The molecule has 1 fully saturated rings. The molecule has 4 heteroatoms. The van der Waals surface area contributed by atoms with Gasteiger partial charge in [0.1, 0.15) is 0 Å². The Morgan fingerprint density at radius 1 is 1.26 bits per heavy atom. The molecular formula is C15H22Cl2N2. The molecule has 1 heterocycles. The second-order valence-electron chi connectivity index (χ2n) is 5.89. The summed E-state index contributed by atoms with van der Waals surface area (Å²) >= 11 is 12.3. The van der Waals surface area contributed by atoms with Crippen LogP contribution in [0.4, 0.5) is 0 Å². The van der Waals surface area contributed by atoms with Gasteiger partial charge in [0, 0.05) is 21.6 Å². The zero-order valence-electron chi connectivity index (χ0n) is 11.6. The Balaban J connectivity index is 2.11. The van der Waals surface area contributed by atoms with Crippen molar-refractivity contribution < 1.29 is 0 Å². The molecule has 2 nitrogen and oxygen atoms in total. The number of nitrogens with two attached hydrogens (primary N) is 1. The van der Waals surface area contributed by atoms with E-state index in [-0.39, 0.29) is 11.6 Å². The van der Waals surface area contributed by atoms with Gasteiger partial charge in [0.2, 0.25) is 0 Å². The van der Waals surface area contributed by atoms with Crippen LogP contribution in [0.2, 0.25) is 10.0 Å². The lowest BCUT2D eigenvalue weighted by Gasteiger charge is -2.40. The highest BCUT2D eigenvalue weighted by Gasteiger charge is 2.34. The molecule has 1 aromatic carbocycles. The van der Waals surface area contributed by atoms with Crippen molar-refractivity contribution in [2.45, 2.75) is 44.7 Å². The third-order valence-corrected chi connectivity index (χ3v) is 4.88. The number of nitrogens with zero attached hydrogens (tertiary/aromatic N) is 1. The van der Waals surface area contributed by atoms with Gasteiger partial charge in [-0.25, -0.2) is 0 Å². The first-order chi connectivity index (χ1) is 8.91. The summed E-state index contributed by atoms with van der Waals surface area (Å²) in [7, 11) is 0. The SMILES string of the molecule is CC(C)(C(N)Cc1cc(Cl)ccc1Cl)N1CCCC1. The Labute approximate surface area is 125 Å². The van der Waals surface area contributed by atoms with E-state index in [2.05, 4.69) is 18.7 Å². The van der Waals surface area contributed by atoms with E-state index in [9.17, 15) is 0 Å². The third-order valence-electron chi connectivity index (χ3n) is 4.28. The molecule has 0 aliphatic carbocycles. The molecule has 1 aromatic rings. The molecule has 0 bridgehead atoms. The van der Waals surface area contributed by atoms with Crippen LogP contribution in [-0.4, -0.2) is 29.6 Å². The molecule has 2 N–H and O–H groups in total. The minimum atomic E-state index is -0.0118. The first-order valence-electron chi connectivity index (χ1n) is 6.86. The summed E-state index contributed by atoms with van der Waals surface area (Å²) in [5, 5.41) is 1.46. The van der Waals surface area contributed by atoms with E-state index in [0.29, 0.717) is 5.02 Å². The molecule has 106 valence electrons. The van der Waals surface area contributed by atoms with Crippen molar-refractivity contribution in [3.63, 3.8) is 0 Å². The van der Waals surface area contributed by atoms with Crippen LogP contribution in [0.15, 0.2) is 18.2 Å². The summed E-state index contributed by atoms with van der Waals surface area (Å²) in [6, 6.07) is 5.62. The summed E-state index contributed by atoms with van der Waals surface area (Å²) < 4.78 is 0. The van der Waals surface area contributed by atoms with E-state index in [1.54, 1.807) is 0 Å². The highest BCUT2D eigenvalue weighted by atomic mass is 35.5. The van der Waals surface area contributed by atoms with Gasteiger partial charge in [-0.05, 0) is 70.0 Å². The lowest BCUT2D eigenvalue weighted by Crippen LogP contribution is -2.56. The van der Waals surface area contributed by atoms with Gasteiger partial charge in [0.15, 0.2) is 0 Å². The van der Waals surface area contributed by atoms with Crippen LogP contribution in [0.1, 0.15) is 32.3 Å². The van der Waals surface area contributed by atoms with E-state index < -0.39 is 0 Å². The van der Waals surface area contributed by atoms with Gasteiger partial charge in [0.05, 0.1) is 0 Å². The van der Waals surface area contributed by atoms with Crippen LogP contribution in [0, 0.1) is 0 Å². The summed E-state index contributed by atoms with van der Waals surface area (Å²) in [4.78, 5) is 2.48. The van der Waals surface area contributed by atoms with E-state index in [4.69, 9.17) is 28.9 Å². The maximum atomic E-state index is 6.44. The lowest BCUT2D eigenvalue weighted by molar-refractivity contribution is 0.123. The number of halogens is 2. The van der Waals surface area contributed by atoms with Gasteiger partial charge < -0.3 is 5.73 Å². The molecule has 0 saturated carbocycles. The quantitative estimate of drug-likeness (QED) is 0.918. The van der Waals surface area contributed by atoms with Crippen molar-refractivity contribution in [3.8, 4) is 0 Å². The lowest BCUT2D eigenvalue weighted by atomic mass is 9.88. The summed E-state index contributed by atoms with van der Waals surface area (Å²) in [6.45, 7) is 6.73. The fourth-order valence-corrected chi connectivity index (χ4v) is 3.10. The van der Waals surface area contributed by atoms with Crippen molar-refractivity contribution >= 4 is 23.2 Å². The second kappa shape index (κ2) is 6.01. The van der Waals surface area contributed by atoms with Crippen molar-refractivity contribution in [1.82, 2.24) is 4.90 Å². The van der Waals surface area contributed by atoms with Crippen molar-refractivity contribution in [1.29, 1.82) is 0 Å². The summed E-state index contributed by atoms with van der Waals surface area (Å²) in [5.74, 6) is 0. The minimum Gasteiger partial charge on any atom is -0.326 e. The van der Waals surface area contributed by atoms with Gasteiger partial charge in [-0.1, -0.05) is 23.2 Å². The molecule has 1 atom stereocenters. The largest absolute Gasteiger partial charge is 0.326 e. The zero-order valence-corrected chi connectivity index (χ0v) is 13.1. The fourth-order valence-electron chi connectivity index (χ4n) is 2.71. The van der Waals surface area contributed by atoms with Gasteiger partial charge in [-0.3, -0.25) is 4.90 Å². The topological polar surface area (TPSA) is 29.3 Å². The van der Waals surface area contributed by atoms with Crippen molar-refractivity contribution in [3.05, 3.63) is 33.8 Å². The maximum absolute atomic E-state index is 6.44. The van der Waals surface area contributed by atoms with Crippen molar-refractivity contribution in [2.24, 2.45) is 5.73 Å². The smallest absolute Gasteiger partial charge is 0.0439 e. The Kier molecular flexibility index (Phi) is 4.78. The van der Waals surface area contributed by atoms with Crippen LogP contribution in [0.5, 0.6) is 0 Å². The highest BCUT2D eigenvalue weighted by molar-refractivity contribution is 6.33. The van der Waals surface area contributed by atoms with Gasteiger partial charge in [-0.15, -0.1) is 0 Å². The van der Waals surface area contributed by atoms with Crippen LogP contribution in [0.25, 0.3) is 0 Å². The number of benzene rings is 1. The molecule has 0 aromatic heterocycles. The average Bonchev–Trinajstić information content (AvgIpc) is 2.88. The van der Waals surface area contributed by atoms with Gasteiger partial charge in [-0.2, -0.15) is 0 Å². The molecule has 2 rings (SSSR count). The summed E-state index contributed by atoms with van der Waals surface area (Å²) in [5.41, 5.74) is 7.46. The first kappa shape index (κ1) is 15.1. The zero-order chi connectivity index (χ0) is 14.0. The van der Waals surface area contributed by atoms with Crippen LogP contribution >= 0.6 is 23.2 Å². The predicted molar refractivity (Wildman–Crippen MR) is 83.0 cm³/mol.